The molecule has 0 spiro atoms. The first-order valence-electron chi connectivity index (χ1n) is 3.72. The van der Waals surface area contributed by atoms with E-state index in [2.05, 4.69) is 10.0 Å². The van der Waals surface area contributed by atoms with E-state index in [0.717, 1.165) is 0 Å². The Hall–Kier alpha value is -0.705. The summed E-state index contributed by atoms with van der Waals surface area (Å²) in [5.74, 6) is 0. The average molecular weight is 167 g/mol. The second-order valence-electron chi connectivity index (χ2n) is 2.68. The molecule has 0 aromatic carbocycles. The fraction of sp³-hybridized carbons (Fsp3) is 1.00. The van der Waals surface area contributed by atoms with Crippen LogP contribution in [0.3, 0.4) is 0 Å². The summed E-state index contributed by atoms with van der Waals surface area (Å²) in [4.78, 5) is 2.72. The molecular formula is C6H10BN3O2. The van der Waals surface area contributed by atoms with Crippen molar-refractivity contribution in [3.05, 3.63) is 10.4 Å². The summed E-state index contributed by atoms with van der Waals surface area (Å²) in [5, 5.41) is 3.57. The zero-order chi connectivity index (χ0) is 8.97. The normalized spacial score (nSPS) is 34.6. The molecule has 5 nitrogen and oxygen atoms in total. The van der Waals surface area contributed by atoms with Crippen molar-refractivity contribution in [2.24, 2.45) is 5.11 Å². The molecule has 12 heavy (non-hydrogen) atoms. The van der Waals surface area contributed by atoms with Crippen molar-refractivity contribution >= 4 is 7.85 Å². The second kappa shape index (κ2) is 4.35. The molecule has 1 saturated heterocycles. The maximum atomic E-state index is 8.22. The minimum absolute atomic E-state index is 0.190. The molecular weight excluding hydrogens is 157 g/mol. The van der Waals surface area contributed by atoms with Crippen molar-refractivity contribution in [3.63, 3.8) is 0 Å². The van der Waals surface area contributed by atoms with Gasteiger partial charge in [-0.05, 0) is 12.0 Å². The van der Waals surface area contributed by atoms with Crippen LogP contribution in [0.5, 0.6) is 0 Å². The van der Waals surface area contributed by atoms with Crippen molar-refractivity contribution in [1.29, 1.82) is 0 Å². The SMILES string of the molecule is [B][C@H]1CC(N=[N+]=[N-])[C@@H](COC)O1. The zero-order valence-electron chi connectivity index (χ0n) is 6.88. The Kier molecular flexibility index (Phi) is 3.40. The van der Waals surface area contributed by atoms with Crippen LogP contribution >= 0.6 is 0 Å². The molecule has 3 atom stereocenters. The molecule has 2 radical (unpaired) electrons. The van der Waals surface area contributed by atoms with Gasteiger partial charge in [0.25, 0.3) is 0 Å². The molecule has 0 aromatic rings. The summed E-state index contributed by atoms with van der Waals surface area (Å²) in [5.41, 5.74) is 8.22. The Morgan fingerprint density at radius 3 is 3.17 bits per heavy atom. The molecule has 0 amide bonds. The van der Waals surface area contributed by atoms with Gasteiger partial charge in [0.1, 0.15) is 7.85 Å². The van der Waals surface area contributed by atoms with E-state index in [4.69, 9.17) is 22.9 Å². The zero-order valence-corrected chi connectivity index (χ0v) is 6.88. The highest BCUT2D eigenvalue weighted by molar-refractivity contribution is 6.11. The Balaban J connectivity index is 2.52. The minimum atomic E-state index is -0.333. The smallest absolute Gasteiger partial charge is 0.109 e. The van der Waals surface area contributed by atoms with E-state index in [1.165, 1.54) is 0 Å². The van der Waals surface area contributed by atoms with Crippen molar-refractivity contribution in [2.45, 2.75) is 24.6 Å². The topological polar surface area (TPSA) is 67.2 Å². The Labute approximate surface area is 72.1 Å². The van der Waals surface area contributed by atoms with E-state index in [0.29, 0.717) is 13.0 Å². The first-order chi connectivity index (χ1) is 5.77. The van der Waals surface area contributed by atoms with Crippen LogP contribution < -0.4 is 0 Å². The fourth-order valence-corrected chi connectivity index (χ4v) is 1.26. The lowest BCUT2D eigenvalue weighted by atomic mass is 9.95. The highest BCUT2D eigenvalue weighted by Crippen LogP contribution is 2.21. The predicted molar refractivity (Wildman–Crippen MR) is 43.8 cm³/mol. The van der Waals surface area contributed by atoms with Gasteiger partial charge in [-0.25, -0.2) is 0 Å². The first-order valence-corrected chi connectivity index (χ1v) is 3.72. The molecule has 1 rings (SSSR count). The van der Waals surface area contributed by atoms with Crippen LogP contribution in [-0.2, 0) is 9.47 Å². The highest BCUT2D eigenvalue weighted by atomic mass is 16.5. The molecule has 0 N–H and O–H groups in total. The fourth-order valence-electron chi connectivity index (χ4n) is 1.26. The van der Waals surface area contributed by atoms with Gasteiger partial charge in [0.05, 0.1) is 18.8 Å². The molecule has 1 heterocycles. The van der Waals surface area contributed by atoms with Crippen LogP contribution in [0.2, 0.25) is 0 Å². The van der Waals surface area contributed by atoms with E-state index in [-0.39, 0.29) is 18.1 Å². The standard InChI is InChI=1S/C6H10BN3O2/c1-11-3-5-4(9-10-8)2-6(7)12-5/h4-6H,2-3H2,1H3/t4?,5-,6-/m1/s1. The van der Waals surface area contributed by atoms with E-state index < -0.39 is 0 Å². The maximum absolute atomic E-state index is 8.22. The molecule has 1 fully saturated rings. The average Bonchev–Trinajstić information content (AvgIpc) is 2.33. The van der Waals surface area contributed by atoms with Crippen molar-refractivity contribution in [1.82, 2.24) is 0 Å². The Bertz CT molecular complexity index is 195. The van der Waals surface area contributed by atoms with Gasteiger partial charge < -0.3 is 9.47 Å². The molecule has 0 saturated carbocycles. The summed E-state index contributed by atoms with van der Waals surface area (Å²) >= 11 is 0. The number of hydrogen-bond acceptors (Lipinski definition) is 3. The van der Waals surface area contributed by atoms with Gasteiger partial charge >= 0.3 is 0 Å². The summed E-state index contributed by atoms with van der Waals surface area (Å²) in [7, 11) is 7.08. The van der Waals surface area contributed by atoms with Gasteiger partial charge in [-0.15, -0.1) is 0 Å². The van der Waals surface area contributed by atoms with E-state index in [9.17, 15) is 0 Å². The van der Waals surface area contributed by atoms with Crippen LogP contribution in [0, 0.1) is 0 Å². The Morgan fingerprint density at radius 2 is 2.58 bits per heavy atom. The third-order valence-electron chi connectivity index (χ3n) is 1.78. The highest BCUT2D eigenvalue weighted by Gasteiger charge is 2.31. The van der Waals surface area contributed by atoms with Gasteiger partial charge in [0.2, 0.25) is 0 Å². The molecule has 0 bridgehead atoms. The molecule has 1 aliphatic heterocycles. The van der Waals surface area contributed by atoms with Crippen molar-refractivity contribution < 1.29 is 9.47 Å². The van der Waals surface area contributed by atoms with Crippen LogP contribution in [0.15, 0.2) is 5.11 Å². The molecule has 1 aliphatic rings. The van der Waals surface area contributed by atoms with E-state index in [1.54, 1.807) is 7.11 Å². The lowest BCUT2D eigenvalue weighted by Crippen LogP contribution is -2.24. The van der Waals surface area contributed by atoms with Gasteiger partial charge in [-0.2, -0.15) is 0 Å². The number of azide groups is 1. The largest absolute Gasteiger partial charge is 0.382 e. The molecule has 0 aliphatic carbocycles. The van der Waals surface area contributed by atoms with Crippen LogP contribution in [0.1, 0.15) is 6.42 Å². The van der Waals surface area contributed by atoms with Gasteiger partial charge in [0, 0.05) is 18.0 Å². The van der Waals surface area contributed by atoms with Crippen molar-refractivity contribution in [2.75, 3.05) is 13.7 Å². The summed E-state index contributed by atoms with van der Waals surface area (Å²) in [6.07, 6.45) is 0.374. The van der Waals surface area contributed by atoms with Crippen molar-refractivity contribution in [3.8, 4) is 0 Å². The third kappa shape index (κ3) is 2.14. The van der Waals surface area contributed by atoms with E-state index in [1.807, 2.05) is 0 Å². The molecule has 6 heteroatoms. The second-order valence-corrected chi connectivity index (χ2v) is 2.68. The number of hydrogen-bond donors (Lipinski definition) is 0. The number of nitrogens with zero attached hydrogens (tertiary/aromatic N) is 3. The number of methoxy groups -OCH3 is 1. The summed E-state index contributed by atoms with van der Waals surface area (Å²) < 4.78 is 10.1. The third-order valence-corrected chi connectivity index (χ3v) is 1.78. The van der Waals surface area contributed by atoms with Gasteiger partial charge in [0.15, 0.2) is 0 Å². The van der Waals surface area contributed by atoms with Gasteiger partial charge in [-0.1, -0.05) is 5.11 Å². The summed E-state index contributed by atoms with van der Waals surface area (Å²) in [6.45, 7) is 0.414. The first kappa shape index (κ1) is 9.38. The Morgan fingerprint density at radius 1 is 1.83 bits per heavy atom. The number of ether oxygens (including phenoxy) is 2. The predicted octanol–water partition coefficient (Wildman–Crippen LogP) is 0.595. The lowest BCUT2D eigenvalue weighted by Gasteiger charge is -2.12. The quantitative estimate of drug-likeness (QED) is 0.267. The molecule has 1 unspecified atom stereocenters. The maximum Gasteiger partial charge on any atom is 0.109 e. The minimum Gasteiger partial charge on any atom is -0.382 e. The van der Waals surface area contributed by atoms with Crippen LogP contribution in [0.4, 0.5) is 0 Å². The monoisotopic (exact) mass is 167 g/mol. The molecule has 0 aromatic heterocycles. The van der Waals surface area contributed by atoms with Gasteiger partial charge in [-0.3, -0.25) is 0 Å². The number of rotatable bonds is 3. The summed E-state index contributed by atoms with van der Waals surface area (Å²) in [6, 6.07) is -0.523. The van der Waals surface area contributed by atoms with E-state index >= 15 is 0 Å². The van der Waals surface area contributed by atoms with Crippen LogP contribution in [0.25, 0.3) is 10.4 Å². The van der Waals surface area contributed by atoms with Crippen LogP contribution in [-0.4, -0.2) is 39.7 Å². The molecule has 64 valence electrons. The lowest BCUT2D eigenvalue weighted by molar-refractivity contribution is 0.0201.